The molecule has 3 nitrogen and oxygen atoms in total. The Morgan fingerprint density at radius 3 is 3.12 bits per heavy atom. The van der Waals surface area contributed by atoms with Crippen LogP contribution in [0.15, 0.2) is 36.9 Å². The molecule has 1 aliphatic rings. The van der Waals surface area contributed by atoms with Crippen molar-refractivity contribution in [2.45, 2.75) is 12.7 Å². The van der Waals surface area contributed by atoms with Crippen LogP contribution in [0.1, 0.15) is 5.56 Å². The van der Waals surface area contributed by atoms with E-state index in [9.17, 15) is 5.11 Å². The largest absolute Gasteiger partial charge is 0.497 e. The number of methoxy groups -OCH3 is 1. The van der Waals surface area contributed by atoms with Gasteiger partial charge >= 0.3 is 0 Å². The second kappa shape index (κ2) is 5.34. The molecule has 1 N–H and O–H groups in total. The molecule has 0 spiro atoms. The molecule has 0 bridgehead atoms. The van der Waals surface area contributed by atoms with Gasteiger partial charge < -0.3 is 14.6 Å². The first-order valence-electron chi connectivity index (χ1n) is 5.79. The summed E-state index contributed by atoms with van der Waals surface area (Å²) in [6, 6.07) is 7.98. The summed E-state index contributed by atoms with van der Waals surface area (Å²) in [5.41, 5.74) is 1.19. The van der Waals surface area contributed by atoms with Gasteiger partial charge in [0.25, 0.3) is 0 Å². The normalized spacial score (nSPS) is 28.0. The zero-order chi connectivity index (χ0) is 12.3. The van der Waals surface area contributed by atoms with Gasteiger partial charge in [-0.2, -0.15) is 0 Å². The van der Waals surface area contributed by atoms with E-state index in [1.165, 1.54) is 5.56 Å². The topological polar surface area (TPSA) is 38.7 Å². The second-order valence-electron chi connectivity index (χ2n) is 4.35. The third kappa shape index (κ3) is 2.68. The van der Waals surface area contributed by atoms with Crippen molar-refractivity contribution in [1.29, 1.82) is 0 Å². The molecule has 0 radical (unpaired) electrons. The number of hydrogen-bond acceptors (Lipinski definition) is 3. The first-order chi connectivity index (χ1) is 8.24. The van der Waals surface area contributed by atoms with Gasteiger partial charge in [-0.1, -0.05) is 18.2 Å². The van der Waals surface area contributed by atoms with E-state index in [1.54, 1.807) is 13.2 Å². The summed E-state index contributed by atoms with van der Waals surface area (Å²) < 4.78 is 10.4. The van der Waals surface area contributed by atoms with Crippen LogP contribution in [0.2, 0.25) is 0 Å². The quantitative estimate of drug-likeness (QED) is 0.810. The Labute approximate surface area is 102 Å². The van der Waals surface area contributed by atoms with Crippen molar-refractivity contribution in [1.82, 2.24) is 0 Å². The maximum Gasteiger partial charge on any atom is 0.161 e. The molecule has 92 valence electrons. The predicted octanol–water partition coefficient (Wildman–Crippen LogP) is 2.00. The van der Waals surface area contributed by atoms with Gasteiger partial charge in [0.2, 0.25) is 0 Å². The summed E-state index contributed by atoms with van der Waals surface area (Å²) in [7, 11) is 1.66. The number of benzene rings is 1. The molecule has 1 unspecified atom stereocenters. The summed E-state index contributed by atoms with van der Waals surface area (Å²) in [5.74, 6) is 1.16. The lowest BCUT2D eigenvalue weighted by molar-refractivity contribution is -0.0734. The molecule has 0 aliphatic carbocycles. The number of ether oxygens (including phenoxy) is 2. The highest BCUT2D eigenvalue weighted by atomic mass is 16.6. The highest BCUT2D eigenvalue weighted by Gasteiger charge is 2.33. The molecule has 1 aliphatic heterocycles. The molecule has 1 aromatic rings. The molecule has 2 rings (SSSR count). The first kappa shape index (κ1) is 12.1. The minimum atomic E-state index is -0.705. The van der Waals surface area contributed by atoms with Crippen molar-refractivity contribution < 1.29 is 14.6 Å². The number of hydrogen-bond donors (Lipinski definition) is 1. The standard InChI is InChI=1S/C14H18O3/c1-3-13-11(9-17-14(13)15)7-10-5-4-6-12(8-10)16-2/h3-6,8,11,13-15H,1,7,9H2,2H3/t11-,13+,14?/m1/s1. The molecule has 0 saturated carbocycles. The SMILES string of the molecule is C=C[C@@H]1C(O)OC[C@H]1Cc1cccc(OC)c1. The van der Waals surface area contributed by atoms with E-state index in [0.717, 1.165) is 12.2 Å². The van der Waals surface area contributed by atoms with E-state index in [1.807, 2.05) is 18.2 Å². The zero-order valence-corrected chi connectivity index (χ0v) is 10.0. The van der Waals surface area contributed by atoms with Crippen molar-refractivity contribution in [2.24, 2.45) is 11.8 Å². The maximum atomic E-state index is 9.62. The molecule has 1 aromatic carbocycles. The Bertz CT molecular complexity index is 389. The van der Waals surface area contributed by atoms with Gasteiger partial charge in [0.1, 0.15) is 5.75 Å². The molecule has 1 heterocycles. The van der Waals surface area contributed by atoms with Crippen LogP contribution in [0.5, 0.6) is 5.75 Å². The van der Waals surface area contributed by atoms with E-state index in [-0.39, 0.29) is 11.8 Å². The average Bonchev–Trinajstić information content (AvgIpc) is 2.70. The molecular formula is C14H18O3. The van der Waals surface area contributed by atoms with Crippen molar-refractivity contribution in [3.05, 3.63) is 42.5 Å². The van der Waals surface area contributed by atoms with Gasteiger partial charge in [-0.05, 0) is 30.0 Å². The third-order valence-corrected chi connectivity index (χ3v) is 3.26. The number of aliphatic hydroxyl groups is 1. The van der Waals surface area contributed by atoms with E-state index in [0.29, 0.717) is 6.61 Å². The van der Waals surface area contributed by atoms with Crippen molar-refractivity contribution in [3.8, 4) is 5.75 Å². The predicted molar refractivity (Wildman–Crippen MR) is 65.8 cm³/mol. The molecule has 1 fully saturated rings. The Balaban J connectivity index is 2.07. The lowest BCUT2D eigenvalue weighted by Crippen LogP contribution is -2.19. The monoisotopic (exact) mass is 234 g/mol. The summed E-state index contributed by atoms with van der Waals surface area (Å²) >= 11 is 0. The Morgan fingerprint density at radius 2 is 2.41 bits per heavy atom. The van der Waals surface area contributed by atoms with Gasteiger partial charge in [-0.25, -0.2) is 0 Å². The van der Waals surface area contributed by atoms with Crippen LogP contribution in [0, 0.1) is 11.8 Å². The maximum absolute atomic E-state index is 9.62. The van der Waals surface area contributed by atoms with E-state index in [4.69, 9.17) is 9.47 Å². The van der Waals surface area contributed by atoms with E-state index < -0.39 is 6.29 Å². The van der Waals surface area contributed by atoms with Gasteiger partial charge in [-0.15, -0.1) is 6.58 Å². The van der Waals surface area contributed by atoms with Crippen LogP contribution in [-0.4, -0.2) is 25.1 Å². The van der Waals surface area contributed by atoms with Gasteiger partial charge in [0.15, 0.2) is 6.29 Å². The molecule has 3 atom stereocenters. The van der Waals surface area contributed by atoms with Gasteiger partial charge in [-0.3, -0.25) is 0 Å². The minimum Gasteiger partial charge on any atom is -0.497 e. The van der Waals surface area contributed by atoms with E-state index >= 15 is 0 Å². The molecule has 1 saturated heterocycles. The second-order valence-corrected chi connectivity index (χ2v) is 4.35. The minimum absolute atomic E-state index is 0.0150. The summed E-state index contributed by atoms with van der Waals surface area (Å²) in [6.45, 7) is 4.33. The Morgan fingerprint density at radius 1 is 1.59 bits per heavy atom. The Kier molecular flexibility index (Phi) is 3.82. The van der Waals surface area contributed by atoms with Crippen molar-refractivity contribution >= 4 is 0 Å². The molecule has 3 heteroatoms. The molecule has 0 amide bonds. The highest BCUT2D eigenvalue weighted by Crippen LogP contribution is 2.30. The van der Waals surface area contributed by atoms with Crippen LogP contribution in [-0.2, 0) is 11.2 Å². The molecular weight excluding hydrogens is 216 g/mol. The van der Waals surface area contributed by atoms with Crippen LogP contribution < -0.4 is 4.74 Å². The number of aliphatic hydroxyl groups excluding tert-OH is 1. The Hall–Kier alpha value is -1.32. The summed E-state index contributed by atoms with van der Waals surface area (Å²) in [5, 5.41) is 9.62. The fourth-order valence-electron chi connectivity index (χ4n) is 2.28. The van der Waals surface area contributed by atoms with Crippen LogP contribution >= 0.6 is 0 Å². The van der Waals surface area contributed by atoms with Gasteiger partial charge in [0, 0.05) is 5.92 Å². The highest BCUT2D eigenvalue weighted by molar-refractivity contribution is 5.29. The summed E-state index contributed by atoms with van der Waals surface area (Å²) in [4.78, 5) is 0. The van der Waals surface area contributed by atoms with Crippen LogP contribution in [0.4, 0.5) is 0 Å². The molecule has 17 heavy (non-hydrogen) atoms. The average molecular weight is 234 g/mol. The fraction of sp³-hybridized carbons (Fsp3) is 0.429. The lowest BCUT2D eigenvalue weighted by atomic mass is 9.89. The number of rotatable bonds is 4. The van der Waals surface area contributed by atoms with Gasteiger partial charge in [0.05, 0.1) is 13.7 Å². The smallest absolute Gasteiger partial charge is 0.161 e. The van der Waals surface area contributed by atoms with Crippen molar-refractivity contribution in [3.63, 3.8) is 0 Å². The summed E-state index contributed by atoms with van der Waals surface area (Å²) in [6.07, 6.45) is 1.94. The first-order valence-corrected chi connectivity index (χ1v) is 5.79. The fourth-order valence-corrected chi connectivity index (χ4v) is 2.28. The van der Waals surface area contributed by atoms with Crippen LogP contribution in [0.25, 0.3) is 0 Å². The third-order valence-electron chi connectivity index (χ3n) is 3.26. The zero-order valence-electron chi connectivity index (χ0n) is 10.0. The molecule has 0 aromatic heterocycles. The van der Waals surface area contributed by atoms with E-state index in [2.05, 4.69) is 12.6 Å². The van der Waals surface area contributed by atoms with Crippen molar-refractivity contribution in [2.75, 3.05) is 13.7 Å². The van der Waals surface area contributed by atoms with Crippen LogP contribution in [0.3, 0.4) is 0 Å². The lowest BCUT2D eigenvalue weighted by Gasteiger charge is -2.16.